The summed E-state index contributed by atoms with van der Waals surface area (Å²) in [6.07, 6.45) is 6.07. The smallest absolute Gasteiger partial charge is 0.314 e. The fourth-order valence-electron chi connectivity index (χ4n) is 3.67. The first kappa shape index (κ1) is 15.1. The highest BCUT2D eigenvalue weighted by Gasteiger charge is 2.41. The van der Waals surface area contributed by atoms with Gasteiger partial charge in [0.2, 0.25) is 0 Å². The van der Waals surface area contributed by atoms with Gasteiger partial charge >= 0.3 is 6.18 Å². The van der Waals surface area contributed by atoms with Crippen LogP contribution in [0.15, 0.2) is 0 Å². The van der Waals surface area contributed by atoms with Crippen LogP contribution in [0.4, 0.5) is 13.2 Å². The van der Waals surface area contributed by atoms with Crippen LogP contribution >= 0.6 is 0 Å². The molecule has 0 bridgehead atoms. The monoisotopic (exact) mass is 277 g/mol. The molecule has 0 aromatic carbocycles. The fraction of sp³-hybridized carbons (Fsp3) is 1.00. The van der Waals surface area contributed by atoms with Crippen LogP contribution in [0.3, 0.4) is 0 Å². The molecule has 19 heavy (non-hydrogen) atoms. The molecule has 2 rings (SSSR count). The summed E-state index contributed by atoms with van der Waals surface area (Å²) in [6.45, 7) is 0.895. The molecular weight excluding hydrogens is 251 g/mol. The quantitative estimate of drug-likeness (QED) is 0.720. The number of halogens is 3. The number of hydrogen-bond donors (Lipinski definition) is 1. The van der Waals surface area contributed by atoms with E-state index in [1.807, 2.05) is 0 Å². The summed E-state index contributed by atoms with van der Waals surface area (Å²) < 4.78 is 38.0. The molecule has 0 spiro atoms. The van der Waals surface area contributed by atoms with Crippen molar-refractivity contribution in [3.05, 3.63) is 0 Å². The summed E-state index contributed by atoms with van der Waals surface area (Å²) in [7, 11) is 0. The maximum Gasteiger partial charge on any atom is 0.391 e. The minimum absolute atomic E-state index is 0.0870. The highest BCUT2D eigenvalue weighted by molar-refractivity contribution is 4.81. The summed E-state index contributed by atoms with van der Waals surface area (Å²) in [6, 6.07) is 0.0870. The minimum Gasteiger partial charge on any atom is -0.314 e. The summed E-state index contributed by atoms with van der Waals surface area (Å²) in [5.74, 6) is -0.190. The molecule has 4 heteroatoms. The Morgan fingerprint density at radius 1 is 0.947 bits per heavy atom. The van der Waals surface area contributed by atoms with E-state index in [1.54, 1.807) is 0 Å². The second kappa shape index (κ2) is 6.96. The van der Waals surface area contributed by atoms with Gasteiger partial charge in [-0.2, -0.15) is 13.2 Å². The summed E-state index contributed by atoms with van der Waals surface area (Å²) >= 11 is 0. The van der Waals surface area contributed by atoms with Crippen molar-refractivity contribution in [2.45, 2.75) is 76.4 Å². The lowest BCUT2D eigenvalue weighted by Crippen LogP contribution is -2.39. The maximum atomic E-state index is 12.7. The molecule has 112 valence electrons. The predicted octanol–water partition coefficient (Wildman–Crippen LogP) is 4.67. The van der Waals surface area contributed by atoms with Gasteiger partial charge in [0.15, 0.2) is 0 Å². The molecule has 0 aliphatic heterocycles. The van der Waals surface area contributed by atoms with Crippen molar-refractivity contribution >= 4 is 0 Å². The molecule has 0 aromatic heterocycles. The Balaban J connectivity index is 1.60. The molecule has 2 atom stereocenters. The first-order valence-electron chi connectivity index (χ1n) is 7.86. The number of alkyl halides is 3. The molecule has 2 fully saturated rings. The highest BCUT2D eigenvalue weighted by Crippen LogP contribution is 2.37. The van der Waals surface area contributed by atoms with Gasteiger partial charge in [-0.1, -0.05) is 32.1 Å². The van der Waals surface area contributed by atoms with Crippen molar-refractivity contribution in [2.75, 3.05) is 6.54 Å². The van der Waals surface area contributed by atoms with Crippen molar-refractivity contribution in [2.24, 2.45) is 11.8 Å². The zero-order valence-corrected chi connectivity index (χ0v) is 11.6. The third kappa shape index (κ3) is 4.97. The summed E-state index contributed by atoms with van der Waals surface area (Å²) in [4.78, 5) is 0. The SMILES string of the molecule is FC(F)(F)C1CCCC(NCCCC2CCCC2)C1. The van der Waals surface area contributed by atoms with Gasteiger partial charge in [0.25, 0.3) is 0 Å². The lowest BCUT2D eigenvalue weighted by atomic mass is 9.85. The van der Waals surface area contributed by atoms with Crippen LogP contribution in [-0.4, -0.2) is 18.8 Å². The zero-order chi connectivity index (χ0) is 13.7. The predicted molar refractivity (Wildman–Crippen MR) is 71.0 cm³/mol. The second-order valence-electron chi connectivity index (χ2n) is 6.35. The fourth-order valence-corrected chi connectivity index (χ4v) is 3.67. The normalized spacial score (nSPS) is 29.8. The number of nitrogens with one attached hydrogen (secondary N) is 1. The lowest BCUT2D eigenvalue weighted by molar-refractivity contribution is -0.183. The van der Waals surface area contributed by atoms with Gasteiger partial charge in [0.05, 0.1) is 5.92 Å². The Bertz CT molecular complexity index is 259. The van der Waals surface area contributed by atoms with E-state index in [9.17, 15) is 13.2 Å². The van der Waals surface area contributed by atoms with E-state index in [0.29, 0.717) is 12.8 Å². The third-order valence-corrected chi connectivity index (χ3v) is 4.83. The van der Waals surface area contributed by atoms with Crippen LogP contribution in [0.1, 0.15) is 64.2 Å². The Morgan fingerprint density at radius 2 is 1.68 bits per heavy atom. The van der Waals surface area contributed by atoms with E-state index in [4.69, 9.17) is 0 Å². The molecule has 0 saturated heterocycles. The number of rotatable bonds is 5. The minimum atomic E-state index is -4.00. The summed E-state index contributed by atoms with van der Waals surface area (Å²) in [5.41, 5.74) is 0. The average Bonchev–Trinajstić information content (AvgIpc) is 2.87. The van der Waals surface area contributed by atoms with Gasteiger partial charge in [0, 0.05) is 6.04 Å². The van der Waals surface area contributed by atoms with E-state index >= 15 is 0 Å². The lowest BCUT2D eigenvalue weighted by Gasteiger charge is -2.31. The molecule has 0 amide bonds. The van der Waals surface area contributed by atoms with Gasteiger partial charge in [-0.25, -0.2) is 0 Å². The molecule has 1 N–H and O–H groups in total. The van der Waals surface area contributed by atoms with Crippen LogP contribution in [-0.2, 0) is 0 Å². The average molecular weight is 277 g/mol. The van der Waals surface area contributed by atoms with Crippen molar-refractivity contribution < 1.29 is 13.2 Å². The molecule has 2 unspecified atom stereocenters. The third-order valence-electron chi connectivity index (χ3n) is 4.83. The molecule has 2 aliphatic rings. The van der Waals surface area contributed by atoms with Crippen LogP contribution in [0.5, 0.6) is 0 Å². The number of hydrogen-bond acceptors (Lipinski definition) is 1. The van der Waals surface area contributed by atoms with E-state index in [2.05, 4.69) is 5.32 Å². The van der Waals surface area contributed by atoms with Crippen LogP contribution < -0.4 is 5.32 Å². The Kier molecular flexibility index (Phi) is 5.55. The highest BCUT2D eigenvalue weighted by atomic mass is 19.4. The Hall–Kier alpha value is -0.250. The van der Waals surface area contributed by atoms with E-state index in [-0.39, 0.29) is 12.5 Å². The molecule has 0 aromatic rings. The van der Waals surface area contributed by atoms with E-state index in [0.717, 1.165) is 25.3 Å². The molecule has 2 aliphatic carbocycles. The van der Waals surface area contributed by atoms with Gasteiger partial charge in [-0.05, 0) is 44.6 Å². The Morgan fingerprint density at radius 3 is 2.37 bits per heavy atom. The molecular formula is C15H26F3N. The molecule has 1 nitrogen and oxygen atoms in total. The first-order chi connectivity index (χ1) is 9.05. The van der Waals surface area contributed by atoms with Crippen LogP contribution in [0, 0.1) is 11.8 Å². The van der Waals surface area contributed by atoms with Crippen molar-refractivity contribution in [3.8, 4) is 0 Å². The van der Waals surface area contributed by atoms with Crippen LogP contribution in [0.2, 0.25) is 0 Å². The van der Waals surface area contributed by atoms with E-state index in [1.165, 1.54) is 32.1 Å². The van der Waals surface area contributed by atoms with Gasteiger partial charge < -0.3 is 5.32 Å². The summed E-state index contributed by atoms with van der Waals surface area (Å²) in [5, 5.41) is 3.35. The molecule has 2 saturated carbocycles. The molecule has 0 radical (unpaired) electrons. The maximum absolute atomic E-state index is 12.7. The molecule has 0 heterocycles. The standard InChI is InChI=1S/C15H26F3N/c16-15(17,18)13-8-3-9-14(11-13)19-10-4-7-12-5-1-2-6-12/h12-14,19H,1-11H2. The van der Waals surface area contributed by atoms with Gasteiger partial charge in [0.1, 0.15) is 0 Å². The van der Waals surface area contributed by atoms with Gasteiger partial charge in [-0.3, -0.25) is 0 Å². The topological polar surface area (TPSA) is 12.0 Å². The second-order valence-corrected chi connectivity index (χ2v) is 6.35. The first-order valence-corrected chi connectivity index (χ1v) is 7.86. The van der Waals surface area contributed by atoms with Crippen molar-refractivity contribution in [1.29, 1.82) is 0 Å². The van der Waals surface area contributed by atoms with Crippen molar-refractivity contribution in [3.63, 3.8) is 0 Å². The zero-order valence-electron chi connectivity index (χ0n) is 11.6. The van der Waals surface area contributed by atoms with Crippen LogP contribution in [0.25, 0.3) is 0 Å². The van der Waals surface area contributed by atoms with Gasteiger partial charge in [-0.15, -0.1) is 0 Å². The largest absolute Gasteiger partial charge is 0.391 e. The Labute approximate surface area is 114 Å². The van der Waals surface area contributed by atoms with E-state index < -0.39 is 12.1 Å². The van der Waals surface area contributed by atoms with Crippen molar-refractivity contribution in [1.82, 2.24) is 5.32 Å².